The Kier molecular flexibility index (Phi) is 5.31. The van der Waals surface area contributed by atoms with Crippen LogP contribution in [0.5, 0.6) is 0 Å². The van der Waals surface area contributed by atoms with Crippen molar-refractivity contribution in [2.24, 2.45) is 0 Å². The van der Waals surface area contributed by atoms with Gasteiger partial charge in [-0.25, -0.2) is 4.68 Å². The average molecular weight is 346 g/mol. The largest absolute Gasteiger partial charge is 0.348 e. The third-order valence-electron chi connectivity index (χ3n) is 6.13. The Morgan fingerprint density at radius 2 is 1.76 bits per heavy atom. The molecule has 1 aromatic rings. The number of aromatic nitrogens is 3. The molecule has 4 rings (SSSR count). The second-order valence-corrected chi connectivity index (χ2v) is 7.79. The zero-order valence-electron chi connectivity index (χ0n) is 15.0. The minimum absolute atomic E-state index is 0.0699. The van der Waals surface area contributed by atoms with E-state index < -0.39 is 0 Å². The molecule has 0 unspecified atom stereocenters. The Morgan fingerprint density at radius 3 is 2.48 bits per heavy atom. The Labute approximate surface area is 149 Å². The van der Waals surface area contributed by atoms with E-state index in [1.165, 1.54) is 25.7 Å². The summed E-state index contributed by atoms with van der Waals surface area (Å²) < 4.78 is 1.87. The molecular formula is C18H30N6O. The third-order valence-corrected chi connectivity index (χ3v) is 6.13. The Hall–Kier alpha value is -1.47. The van der Waals surface area contributed by atoms with Gasteiger partial charge in [0.25, 0.3) is 5.91 Å². The number of carbonyl (C=O) groups excluding carboxylic acids is 1. The summed E-state index contributed by atoms with van der Waals surface area (Å²) in [6, 6.07) is 1.43. The van der Waals surface area contributed by atoms with Crippen LogP contribution in [0.2, 0.25) is 0 Å². The summed E-state index contributed by atoms with van der Waals surface area (Å²) in [7, 11) is 0. The van der Waals surface area contributed by atoms with Crippen molar-refractivity contribution in [3.8, 4) is 0 Å². The normalized spacial score (nSPS) is 24.6. The molecule has 2 aliphatic heterocycles. The SMILES string of the molecule is O=C(NC1CCN(C2CCCC2)CC1)c1cn(C2CCNCC2)nn1. The van der Waals surface area contributed by atoms with Crippen LogP contribution in [-0.4, -0.2) is 64.1 Å². The first-order valence-electron chi connectivity index (χ1n) is 9.97. The smallest absolute Gasteiger partial charge is 0.273 e. The van der Waals surface area contributed by atoms with Crippen LogP contribution in [0, 0.1) is 0 Å². The van der Waals surface area contributed by atoms with Crippen molar-refractivity contribution in [1.29, 1.82) is 0 Å². The van der Waals surface area contributed by atoms with E-state index in [0.717, 1.165) is 57.9 Å². The molecular weight excluding hydrogens is 316 g/mol. The number of nitrogens with zero attached hydrogens (tertiary/aromatic N) is 4. The summed E-state index contributed by atoms with van der Waals surface area (Å²) in [6.07, 6.45) is 11.5. The van der Waals surface area contributed by atoms with E-state index in [1.807, 2.05) is 10.9 Å². The number of amides is 1. The Bertz CT molecular complexity index is 568. The van der Waals surface area contributed by atoms with Gasteiger partial charge in [-0.3, -0.25) is 4.79 Å². The van der Waals surface area contributed by atoms with Gasteiger partial charge in [0, 0.05) is 25.2 Å². The standard InChI is InChI=1S/C18H30N6O/c25-18(17-13-24(22-21-17)16-5-9-19-10-6-16)20-14-7-11-23(12-8-14)15-3-1-2-4-15/h13-16,19H,1-12H2,(H,20,25). The lowest BCUT2D eigenvalue weighted by Gasteiger charge is -2.36. The molecule has 1 aliphatic carbocycles. The summed E-state index contributed by atoms with van der Waals surface area (Å²) in [5.74, 6) is -0.0699. The molecule has 3 heterocycles. The van der Waals surface area contributed by atoms with Gasteiger partial charge >= 0.3 is 0 Å². The van der Waals surface area contributed by atoms with Crippen LogP contribution in [-0.2, 0) is 0 Å². The fourth-order valence-electron chi connectivity index (χ4n) is 4.57. The highest BCUT2D eigenvalue weighted by molar-refractivity contribution is 5.92. The molecule has 2 saturated heterocycles. The molecule has 2 N–H and O–H groups in total. The summed E-state index contributed by atoms with van der Waals surface area (Å²) >= 11 is 0. The summed E-state index contributed by atoms with van der Waals surface area (Å²) in [6.45, 7) is 4.23. The van der Waals surface area contributed by atoms with E-state index in [4.69, 9.17) is 0 Å². The minimum atomic E-state index is -0.0699. The molecule has 1 aromatic heterocycles. The summed E-state index contributed by atoms with van der Waals surface area (Å²) in [4.78, 5) is 15.1. The molecule has 0 radical (unpaired) electrons. The van der Waals surface area contributed by atoms with E-state index in [9.17, 15) is 4.79 Å². The molecule has 0 bridgehead atoms. The second kappa shape index (κ2) is 7.83. The third kappa shape index (κ3) is 4.03. The van der Waals surface area contributed by atoms with Gasteiger partial charge in [0.2, 0.25) is 0 Å². The van der Waals surface area contributed by atoms with Crippen molar-refractivity contribution in [2.75, 3.05) is 26.2 Å². The predicted octanol–water partition coefficient (Wildman–Crippen LogP) is 1.34. The van der Waals surface area contributed by atoms with Gasteiger partial charge in [-0.1, -0.05) is 18.1 Å². The minimum Gasteiger partial charge on any atom is -0.348 e. The number of hydrogen-bond acceptors (Lipinski definition) is 5. The maximum atomic E-state index is 12.5. The van der Waals surface area contributed by atoms with Gasteiger partial charge in [-0.2, -0.15) is 0 Å². The molecule has 25 heavy (non-hydrogen) atoms. The molecule has 7 nitrogen and oxygen atoms in total. The van der Waals surface area contributed by atoms with Gasteiger partial charge in [0.1, 0.15) is 0 Å². The first-order chi connectivity index (χ1) is 12.3. The molecule has 1 amide bonds. The van der Waals surface area contributed by atoms with Crippen LogP contribution in [0.3, 0.4) is 0 Å². The van der Waals surface area contributed by atoms with Crippen molar-refractivity contribution in [3.63, 3.8) is 0 Å². The van der Waals surface area contributed by atoms with Crippen LogP contribution in [0.1, 0.15) is 67.9 Å². The van der Waals surface area contributed by atoms with Crippen LogP contribution in [0.4, 0.5) is 0 Å². The van der Waals surface area contributed by atoms with E-state index >= 15 is 0 Å². The van der Waals surface area contributed by atoms with Gasteiger partial charge in [-0.15, -0.1) is 5.10 Å². The maximum Gasteiger partial charge on any atom is 0.273 e. The molecule has 3 aliphatic rings. The van der Waals surface area contributed by atoms with Gasteiger partial charge in [0.05, 0.1) is 12.2 Å². The molecule has 1 saturated carbocycles. The topological polar surface area (TPSA) is 75.1 Å². The number of nitrogens with one attached hydrogen (secondary N) is 2. The number of hydrogen-bond donors (Lipinski definition) is 2. The zero-order chi connectivity index (χ0) is 17.1. The van der Waals surface area contributed by atoms with E-state index in [-0.39, 0.29) is 11.9 Å². The van der Waals surface area contributed by atoms with Gasteiger partial charge < -0.3 is 15.5 Å². The fraction of sp³-hybridized carbons (Fsp3) is 0.833. The fourth-order valence-corrected chi connectivity index (χ4v) is 4.57. The van der Waals surface area contributed by atoms with Crippen molar-refractivity contribution >= 4 is 5.91 Å². The van der Waals surface area contributed by atoms with Crippen LogP contribution < -0.4 is 10.6 Å². The highest BCUT2D eigenvalue weighted by atomic mass is 16.2. The summed E-state index contributed by atoms with van der Waals surface area (Å²) in [5.41, 5.74) is 0.455. The van der Waals surface area contributed by atoms with E-state index in [1.54, 1.807) is 0 Å². The van der Waals surface area contributed by atoms with Crippen molar-refractivity contribution < 1.29 is 4.79 Å². The first kappa shape index (κ1) is 17.0. The number of rotatable bonds is 4. The van der Waals surface area contributed by atoms with Crippen LogP contribution in [0.15, 0.2) is 6.20 Å². The highest BCUT2D eigenvalue weighted by Crippen LogP contribution is 2.26. The lowest BCUT2D eigenvalue weighted by atomic mass is 10.0. The van der Waals surface area contributed by atoms with Gasteiger partial charge in [0.15, 0.2) is 5.69 Å². The lowest BCUT2D eigenvalue weighted by Crippen LogP contribution is -2.47. The number of piperidine rings is 2. The molecule has 7 heteroatoms. The molecule has 0 aromatic carbocycles. The molecule has 138 valence electrons. The predicted molar refractivity (Wildman–Crippen MR) is 95.5 cm³/mol. The van der Waals surface area contributed by atoms with Crippen molar-refractivity contribution in [1.82, 2.24) is 30.5 Å². The Morgan fingerprint density at radius 1 is 1.04 bits per heavy atom. The summed E-state index contributed by atoms with van der Waals surface area (Å²) in [5, 5.41) is 14.8. The van der Waals surface area contributed by atoms with Crippen LogP contribution >= 0.6 is 0 Å². The van der Waals surface area contributed by atoms with Crippen molar-refractivity contribution in [2.45, 2.75) is 69.5 Å². The molecule has 0 atom stereocenters. The molecule has 3 fully saturated rings. The van der Waals surface area contributed by atoms with E-state index in [2.05, 4.69) is 25.8 Å². The Balaban J connectivity index is 1.27. The highest BCUT2D eigenvalue weighted by Gasteiger charge is 2.28. The maximum absolute atomic E-state index is 12.5. The molecule has 0 spiro atoms. The van der Waals surface area contributed by atoms with Crippen LogP contribution in [0.25, 0.3) is 0 Å². The number of carbonyl (C=O) groups is 1. The zero-order valence-corrected chi connectivity index (χ0v) is 15.0. The lowest BCUT2D eigenvalue weighted by molar-refractivity contribution is 0.0887. The van der Waals surface area contributed by atoms with E-state index in [0.29, 0.717) is 11.7 Å². The quantitative estimate of drug-likeness (QED) is 0.860. The number of likely N-dealkylation sites (tertiary alicyclic amines) is 1. The monoisotopic (exact) mass is 346 g/mol. The van der Waals surface area contributed by atoms with Crippen molar-refractivity contribution in [3.05, 3.63) is 11.9 Å². The van der Waals surface area contributed by atoms with Gasteiger partial charge in [-0.05, 0) is 51.6 Å². The second-order valence-electron chi connectivity index (χ2n) is 7.79. The average Bonchev–Trinajstić information content (AvgIpc) is 3.35. The first-order valence-corrected chi connectivity index (χ1v) is 9.97.